The van der Waals surface area contributed by atoms with E-state index < -0.39 is 0 Å². The molecule has 0 aromatic carbocycles. The summed E-state index contributed by atoms with van der Waals surface area (Å²) in [5.41, 5.74) is 0. The Hall–Kier alpha value is -0.340. The van der Waals surface area contributed by atoms with Crippen molar-refractivity contribution in [3.63, 3.8) is 0 Å². The molecule has 1 N–H and O–H groups in total. The monoisotopic (exact) mass is 156 g/mol. The second-order valence-electron chi connectivity index (χ2n) is 3.06. The van der Waals surface area contributed by atoms with Crippen molar-refractivity contribution in [3.05, 3.63) is 12.7 Å². The lowest BCUT2D eigenvalue weighted by Crippen LogP contribution is -2.31. The maximum Gasteiger partial charge on any atom is 0.0612 e. The van der Waals surface area contributed by atoms with Gasteiger partial charge in [0.25, 0.3) is 0 Å². The normalized spacial score (nSPS) is 31.7. The van der Waals surface area contributed by atoms with Crippen LogP contribution in [0.2, 0.25) is 0 Å². The van der Waals surface area contributed by atoms with Crippen molar-refractivity contribution in [2.75, 3.05) is 13.2 Å². The third-order valence-corrected chi connectivity index (χ3v) is 2.18. The molecule has 0 bridgehead atoms. The molecule has 2 unspecified atom stereocenters. The first-order chi connectivity index (χ1) is 5.34. The summed E-state index contributed by atoms with van der Waals surface area (Å²) in [7, 11) is 0. The van der Waals surface area contributed by atoms with Gasteiger partial charge in [-0.3, -0.25) is 0 Å². The molecule has 64 valence electrons. The van der Waals surface area contributed by atoms with Crippen LogP contribution in [0.3, 0.4) is 0 Å². The highest BCUT2D eigenvalue weighted by Gasteiger charge is 2.22. The van der Waals surface area contributed by atoms with Gasteiger partial charge >= 0.3 is 0 Å². The molecule has 0 amide bonds. The van der Waals surface area contributed by atoms with Crippen molar-refractivity contribution < 1.29 is 9.84 Å². The molecular formula is C9H16O2. The van der Waals surface area contributed by atoms with Crippen molar-refractivity contribution in [2.24, 2.45) is 5.92 Å². The van der Waals surface area contributed by atoms with Crippen LogP contribution in [0, 0.1) is 5.92 Å². The molecule has 1 heterocycles. The highest BCUT2D eigenvalue weighted by Crippen LogP contribution is 2.19. The molecule has 2 nitrogen and oxygen atoms in total. The number of rotatable bonds is 3. The Labute approximate surface area is 67.9 Å². The van der Waals surface area contributed by atoms with E-state index in [4.69, 9.17) is 4.74 Å². The van der Waals surface area contributed by atoms with Gasteiger partial charge in [-0.05, 0) is 19.3 Å². The van der Waals surface area contributed by atoms with Gasteiger partial charge in [-0.1, -0.05) is 6.08 Å². The zero-order valence-corrected chi connectivity index (χ0v) is 6.83. The summed E-state index contributed by atoms with van der Waals surface area (Å²) >= 11 is 0. The fourth-order valence-electron chi connectivity index (χ4n) is 1.39. The summed E-state index contributed by atoms with van der Waals surface area (Å²) in [6.07, 6.45) is 4.52. The summed E-state index contributed by atoms with van der Waals surface area (Å²) in [6, 6.07) is 0. The number of hydrogen-bond donors (Lipinski definition) is 1. The third-order valence-electron chi connectivity index (χ3n) is 2.18. The lowest BCUT2D eigenvalue weighted by atomic mass is 9.94. The first-order valence-electron chi connectivity index (χ1n) is 4.21. The van der Waals surface area contributed by atoms with Crippen molar-refractivity contribution in [3.8, 4) is 0 Å². The summed E-state index contributed by atoms with van der Waals surface area (Å²) in [4.78, 5) is 0. The van der Waals surface area contributed by atoms with Gasteiger partial charge in [0.2, 0.25) is 0 Å². The zero-order valence-electron chi connectivity index (χ0n) is 6.83. The highest BCUT2D eigenvalue weighted by atomic mass is 16.5. The van der Waals surface area contributed by atoms with Gasteiger partial charge in [0.05, 0.1) is 12.7 Å². The first kappa shape index (κ1) is 8.75. The van der Waals surface area contributed by atoms with E-state index in [0.717, 1.165) is 25.9 Å². The summed E-state index contributed by atoms with van der Waals surface area (Å²) in [5, 5.41) is 9.48. The van der Waals surface area contributed by atoms with E-state index in [1.165, 1.54) is 0 Å². The summed E-state index contributed by atoms with van der Waals surface area (Å²) in [5.74, 6) is 0.335. The quantitative estimate of drug-likeness (QED) is 0.625. The number of allylic oxidation sites excluding steroid dienone is 1. The number of aliphatic hydroxyl groups excluding tert-OH is 1. The number of ether oxygens (including phenoxy) is 1. The highest BCUT2D eigenvalue weighted by molar-refractivity contribution is 4.76. The fraction of sp³-hybridized carbons (Fsp3) is 0.778. The summed E-state index contributed by atoms with van der Waals surface area (Å²) in [6.45, 7) is 5.08. The Morgan fingerprint density at radius 2 is 2.45 bits per heavy atom. The molecule has 1 rings (SSSR count). The minimum atomic E-state index is -0.149. The van der Waals surface area contributed by atoms with Crippen LogP contribution in [0.1, 0.15) is 19.3 Å². The topological polar surface area (TPSA) is 29.5 Å². The van der Waals surface area contributed by atoms with Crippen LogP contribution in [0.4, 0.5) is 0 Å². The molecule has 11 heavy (non-hydrogen) atoms. The fourth-order valence-corrected chi connectivity index (χ4v) is 1.39. The predicted octanol–water partition coefficient (Wildman–Crippen LogP) is 1.35. The van der Waals surface area contributed by atoms with Gasteiger partial charge in [0, 0.05) is 12.5 Å². The van der Waals surface area contributed by atoms with Gasteiger partial charge in [0.15, 0.2) is 0 Å². The number of aliphatic hydroxyl groups is 1. The average molecular weight is 156 g/mol. The summed E-state index contributed by atoms with van der Waals surface area (Å²) < 4.78 is 5.26. The van der Waals surface area contributed by atoms with E-state index in [9.17, 15) is 5.11 Å². The Morgan fingerprint density at radius 1 is 1.64 bits per heavy atom. The van der Waals surface area contributed by atoms with Crippen LogP contribution in [0.5, 0.6) is 0 Å². The molecule has 0 spiro atoms. The molecule has 1 saturated heterocycles. The second-order valence-corrected chi connectivity index (χ2v) is 3.06. The van der Waals surface area contributed by atoms with E-state index in [0.29, 0.717) is 12.5 Å². The van der Waals surface area contributed by atoms with Crippen molar-refractivity contribution in [1.82, 2.24) is 0 Å². The second kappa shape index (κ2) is 4.52. The maximum atomic E-state index is 9.48. The van der Waals surface area contributed by atoms with Crippen LogP contribution in [0.25, 0.3) is 0 Å². The van der Waals surface area contributed by atoms with Crippen LogP contribution >= 0.6 is 0 Å². The molecular weight excluding hydrogens is 140 g/mol. The average Bonchev–Trinajstić information content (AvgIpc) is 2.03. The molecule has 0 radical (unpaired) electrons. The van der Waals surface area contributed by atoms with Crippen molar-refractivity contribution >= 4 is 0 Å². The van der Waals surface area contributed by atoms with E-state index in [1.54, 1.807) is 0 Å². The van der Waals surface area contributed by atoms with Gasteiger partial charge in [0.1, 0.15) is 0 Å². The van der Waals surface area contributed by atoms with E-state index in [1.807, 2.05) is 6.08 Å². The van der Waals surface area contributed by atoms with Gasteiger partial charge in [-0.2, -0.15) is 0 Å². The third kappa shape index (κ3) is 2.64. The molecule has 2 heteroatoms. The van der Waals surface area contributed by atoms with E-state index in [-0.39, 0.29) is 6.10 Å². The number of hydrogen-bond acceptors (Lipinski definition) is 2. The van der Waals surface area contributed by atoms with Gasteiger partial charge in [-0.25, -0.2) is 0 Å². The zero-order chi connectivity index (χ0) is 8.10. The predicted molar refractivity (Wildman–Crippen MR) is 44.4 cm³/mol. The van der Waals surface area contributed by atoms with Crippen LogP contribution in [0.15, 0.2) is 12.7 Å². The van der Waals surface area contributed by atoms with Crippen molar-refractivity contribution in [2.45, 2.75) is 25.4 Å². The van der Waals surface area contributed by atoms with Crippen molar-refractivity contribution in [1.29, 1.82) is 0 Å². The van der Waals surface area contributed by atoms with E-state index in [2.05, 4.69) is 6.58 Å². The molecule has 0 aromatic heterocycles. The maximum absolute atomic E-state index is 9.48. The lowest BCUT2D eigenvalue weighted by Gasteiger charge is -2.27. The standard InChI is InChI=1S/C9H16O2/c1-2-3-4-8-7-11-6-5-9(8)10/h2,8-10H,1,3-7H2. The lowest BCUT2D eigenvalue weighted by molar-refractivity contribution is -0.0378. The van der Waals surface area contributed by atoms with Gasteiger partial charge < -0.3 is 9.84 Å². The van der Waals surface area contributed by atoms with Crippen LogP contribution in [-0.4, -0.2) is 24.4 Å². The Balaban J connectivity index is 2.23. The Bertz CT molecular complexity index is 123. The Kier molecular flexibility index (Phi) is 3.60. The molecule has 2 atom stereocenters. The Morgan fingerprint density at radius 3 is 3.09 bits per heavy atom. The molecule has 0 aromatic rings. The largest absolute Gasteiger partial charge is 0.393 e. The SMILES string of the molecule is C=CCCC1COCCC1O. The minimum absolute atomic E-state index is 0.149. The van der Waals surface area contributed by atoms with E-state index >= 15 is 0 Å². The molecule has 1 aliphatic rings. The van der Waals surface area contributed by atoms with Crippen LogP contribution < -0.4 is 0 Å². The molecule has 1 fully saturated rings. The first-order valence-corrected chi connectivity index (χ1v) is 4.21. The molecule has 0 aliphatic carbocycles. The minimum Gasteiger partial charge on any atom is -0.393 e. The smallest absolute Gasteiger partial charge is 0.0612 e. The van der Waals surface area contributed by atoms with Gasteiger partial charge in [-0.15, -0.1) is 6.58 Å². The molecule has 0 saturated carbocycles. The van der Waals surface area contributed by atoms with Crippen LogP contribution in [-0.2, 0) is 4.74 Å². The molecule has 1 aliphatic heterocycles.